The quantitative estimate of drug-likeness (QED) is 0.378. The molecular weight excluding hydrogens is 470 g/mol. The van der Waals surface area contributed by atoms with Crippen LogP contribution >= 0.6 is 0 Å². The van der Waals surface area contributed by atoms with E-state index < -0.39 is 12.1 Å². The standard InChI is InChI=1S/C22H22FN3O2.C2HF3O2/c1-16-14-26(15-25-16)20-8-6-18(13-21(20)28-2)7-9-22(27)24-11-10-17-4-3-5-19(23)12-17;3-2(4,5)1(6)7/h3-9,12-15H,10-11H2,1-2H3,(H,24,27);(H,6,7)/b9-7+;. The molecule has 1 heterocycles. The normalized spacial score (nSPS) is 11.0. The SMILES string of the molecule is COc1cc(/C=C/C(=O)NCCc2cccc(F)c2)ccc1-n1cnc(C)c1.O=C(O)C(F)(F)F. The van der Waals surface area contributed by atoms with E-state index in [1.54, 1.807) is 25.6 Å². The lowest BCUT2D eigenvalue weighted by atomic mass is 10.1. The molecular formula is C24H23F4N3O4. The van der Waals surface area contributed by atoms with E-state index >= 15 is 0 Å². The number of alkyl halides is 3. The van der Waals surface area contributed by atoms with Crippen molar-refractivity contribution in [2.75, 3.05) is 13.7 Å². The fourth-order valence-electron chi connectivity index (χ4n) is 2.82. The second-order valence-electron chi connectivity index (χ2n) is 7.16. The van der Waals surface area contributed by atoms with Gasteiger partial charge in [0.25, 0.3) is 0 Å². The summed E-state index contributed by atoms with van der Waals surface area (Å²) >= 11 is 0. The van der Waals surface area contributed by atoms with Crippen LogP contribution in [0, 0.1) is 12.7 Å². The minimum Gasteiger partial charge on any atom is -0.495 e. The van der Waals surface area contributed by atoms with Gasteiger partial charge in [-0.15, -0.1) is 0 Å². The number of methoxy groups -OCH3 is 1. The first kappa shape index (κ1) is 27.1. The van der Waals surface area contributed by atoms with Crippen molar-refractivity contribution in [3.63, 3.8) is 0 Å². The Morgan fingerprint density at radius 3 is 2.49 bits per heavy atom. The van der Waals surface area contributed by atoms with E-state index in [2.05, 4.69) is 10.3 Å². The molecule has 3 rings (SSSR count). The zero-order valence-corrected chi connectivity index (χ0v) is 18.8. The monoisotopic (exact) mass is 493 g/mol. The highest BCUT2D eigenvalue weighted by Gasteiger charge is 2.38. The van der Waals surface area contributed by atoms with Gasteiger partial charge in [-0.25, -0.2) is 14.2 Å². The fraction of sp³-hybridized carbons (Fsp3) is 0.208. The number of rotatable bonds is 7. The molecule has 35 heavy (non-hydrogen) atoms. The topological polar surface area (TPSA) is 93.5 Å². The van der Waals surface area contributed by atoms with Gasteiger partial charge in [0.1, 0.15) is 11.6 Å². The van der Waals surface area contributed by atoms with Crippen LogP contribution in [0.15, 0.2) is 61.1 Å². The third-order valence-corrected chi connectivity index (χ3v) is 4.47. The van der Waals surface area contributed by atoms with Crippen molar-refractivity contribution in [3.05, 3.63) is 83.7 Å². The highest BCUT2D eigenvalue weighted by molar-refractivity contribution is 5.91. The van der Waals surface area contributed by atoms with Gasteiger partial charge in [0.05, 0.1) is 24.8 Å². The summed E-state index contributed by atoms with van der Waals surface area (Å²) in [6.07, 6.45) is 2.34. The Balaban J connectivity index is 0.000000540. The second kappa shape index (κ2) is 12.4. The molecule has 2 N–H and O–H groups in total. The van der Waals surface area contributed by atoms with Crippen LogP contribution in [0.1, 0.15) is 16.8 Å². The molecule has 11 heteroatoms. The van der Waals surface area contributed by atoms with Crippen molar-refractivity contribution in [1.82, 2.24) is 14.9 Å². The molecule has 0 atom stereocenters. The van der Waals surface area contributed by atoms with E-state index in [0.717, 1.165) is 22.5 Å². The van der Waals surface area contributed by atoms with Gasteiger partial charge in [0, 0.05) is 18.8 Å². The number of carboxylic acid groups (broad SMARTS) is 1. The molecule has 0 bridgehead atoms. The third-order valence-electron chi connectivity index (χ3n) is 4.47. The second-order valence-corrected chi connectivity index (χ2v) is 7.16. The number of imidazole rings is 1. The van der Waals surface area contributed by atoms with Gasteiger partial charge in [-0.05, 0) is 54.8 Å². The molecule has 1 aromatic heterocycles. The number of carboxylic acids is 1. The Morgan fingerprint density at radius 2 is 1.91 bits per heavy atom. The number of carbonyl (C=O) groups excluding carboxylic acids is 1. The minimum absolute atomic E-state index is 0.204. The summed E-state index contributed by atoms with van der Waals surface area (Å²) in [5, 5.41) is 9.92. The van der Waals surface area contributed by atoms with Gasteiger partial charge in [0.15, 0.2) is 0 Å². The van der Waals surface area contributed by atoms with Crippen molar-refractivity contribution in [2.45, 2.75) is 19.5 Å². The molecule has 0 aliphatic carbocycles. The lowest BCUT2D eigenvalue weighted by Crippen LogP contribution is -2.23. The number of nitrogens with zero attached hydrogens (tertiary/aromatic N) is 2. The number of ether oxygens (including phenoxy) is 1. The maximum Gasteiger partial charge on any atom is 0.490 e. The van der Waals surface area contributed by atoms with Crippen LogP contribution in [0.2, 0.25) is 0 Å². The Morgan fingerprint density at radius 1 is 1.20 bits per heavy atom. The van der Waals surface area contributed by atoms with Crippen molar-refractivity contribution in [1.29, 1.82) is 0 Å². The Kier molecular flexibility index (Phi) is 9.56. The van der Waals surface area contributed by atoms with Gasteiger partial charge in [-0.2, -0.15) is 13.2 Å². The van der Waals surface area contributed by atoms with Crippen LogP contribution in [-0.4, -0.2) is 46.4 Å². The molecule has 0 fully saturated rings. The summed E-state index contributed by atoms with van der Waals surface area (Å²) in [4.78, 5) is 25.1. The van der Waals surface area contributed by atoms with E-state index in [1.807, 2.05) is 42.0 Å². The van der Waals surface area contributed by atoms with Gasteiger partial charge in [-0.1, -0.05) is 18.2 Å². The molecule has 0 saturated heterocycles. The van der Waals surface area contributed by atoms with E-state index in [4.69, 9.17) is 14.6 Å². The summed E-state index contributed by atoms with van der Waals surface area (Å²) in [5.74, 6) is -2.55. The molecule has 0 aliphatic heterocycles. The van der Waals surface area contributed by atoms with Crippen LogP contribution in [-0.2, 0) is 16.0 Å². The fourth-order valence-corrected chi connectivity index (χ4v) is 2.82. The number of amides is 1. The minimum atomic E-state index is -5.08. The number of hydrogen-bond donors (Lipinski definition) is 2. The number of aryl methyl sites for hydroxylation is 1. The van der Waals surface area contributed by atoms with Crippen molar-refractivity contribution in [2.24, 2.45) is 0 Å². The molecule has 2 aromatic carbocycles. The van der Waals surface area contributed by atoms with E-state index in [0.29, 0.717) is 18.7 Å². The molecule has 0 saturated carbocycles. The average Bonchev–Trinajstić information content (AvgIpc) is 3.23. The van der Waals surface area contributed by atoms with Crippen LogP contribution < -0.4 is 10.1 Å². The molecule has 3 aromatic rings. The summed E-state index contributed by atoms with van der Waals surface area (Å²) in [6.45, 7) is 2.36. The van der Waals surface area contributed by atoms with Crippen LogP contribution in [0.5, 0.6) is 5.75 Å². The summed E-state index contributed by atoms with van der Waals surface area (Å²) < 4.78 is 52.2. The zero-order valence-electron chi connectivity index (χ0n) is 18.8. The predicted octanol–water partition coefficient (Wildman–Crippen LogP) is 4.33. The molecule has 0 unspecified atom stereocenters. The molecule has 186 valence electrons. The molecule has 0 radical (unpaired) electrons. The molecule has 7 nitrogen and oxygen atoms in total. The van der Waals surface area contributed by atoms with Gasteiger partial charge in [0.2, 0.25) is 5.91 Å². The van der Waals surface area contributed by atoms with Crippen LogP contribution in [0.25, 0.3) is 11.8 Å². The summed E-state index contributed by atoms with van der Waals surface area (Å²) in [7, 11) is 1.61. The maximum absolute atomic E-state index is 13.1. The number of aromatic nitrogens is 2. The third kappa shape index (κ3) is 8.95. The highest BCUT2D eigenvalue weighted by atomic mass is 19.4. The zero-order chi connectivity index (χ0) is 26.0. The number of benzene rings is 2. The van der Waals surface area contributed by atoms with Crippen molar-refractivity contribution >= 4 is 18.0 Å². The van der Waals surface area contributed by atoms with Gasteiger partial charge in [-0.3, -0.25) is 4.79 Å². The van der Waals surface area contributed by atoms with Crippen molar-refractivity contribution < 1.29 is 37.0 Å². The first-order valence-electron chi connectivity index (χ1n) is 10.2. The number of aliphatic carboxylic acids is 1. The Bertz CT molecular complexity index is 1190. The first-order valence-corrected chi connectivity index (χ1v) is 10.2. The lowest BCUT2D eigenvalue weighted by Gasteiger charge is -2.10. The molecule has 1 amide bonds. The Hall–Kier alpha value is -4.15. The largest absolute Gasteiger partial charge is 0.495 e. The van der Waals surface area contributed by atoms with E-state index in [9.17, 15) is 22.4 Å². The van der Waals surface area contributed by atoms with Crippen LogP contribution in [0.3, 0.4) is 0 Å². The Labute approximate surface area is 198 Å². The number of hydrogen-bond acceptors (Lipinski definition) is 4. The molecule has 0 aliphatic rings. The lowest BCUT2D eigenvalue weighted by molar-refractivity contribution is -0.192. The van der Waals surface area contributed by atoms with E-state index in [-0.39, 0.29) is 11.7 Å². The molecule has 0 spiro atoms. The highest BCUT2D eigenvalue weighted by Crippen LogP contribution is 2.25. The van der Waals surface area contributed by atoms with Gasteiger partial charge < -0.3 is 19.7 Å². The van der Waals surface area contributed by atoms with Crippen LogP contribution in [0.4, 0.5) is 17.6 Å². The number of carbonyl (C=O) groups is 2. The average molecular weight is 493 g/mol. The number of nitrogens with one attached hydrogen (secondary N) is 1. The summed E-state index contributed by atoms with van der Waals surface area (Å²) in [5.41, 5.74) is 3.48. The first-order chi connectivity index (χ1) is 16.5. The van der Waals surface area contributed by atoms with Crippen molar-refractivity contribution in [3.8, 4) is 11.4 Å². The van der Waals surface area contributed by atoms with Gasteiger partial charge >= 0.3 is 12.1 Å². The summed E-state index contributed by atoms with van der Waals surface area (Å²) in [6, 6.07) is 12.1. The predicted molar refractivity (Wildman–Crippen MR) is 121 cm³/mol. The number of halogens is 4. The van der Waals surface area contributed by atoms with E-state index in [1.165, 1.54) is 18.2 Å². The smallest absolute Gasteiger partial charge is 0.490 e. The maximum atomic E-state index is 13.1.